The second-order valence-corrected chi connectivity index (χ2v) is 9.81. The van der Waals surface area contributed by atoms with Gasteiger partial charge in [-0.25, -0.2) is 13.8 Å². The zero-order valence-electron chi connectivity index (χ0n) is 20.8. The minimum atomic E-state index is -0.558. The fraction of sp³-hybridized carbons (Fsp3) is 0.241. The van der Waals surface area contributed by atoms with Gasteiger partial charge < -0.3 is 11.1 Å². The highest BCUT2D eigenvalue weighted by atomic mass is 19.1. The first-order valence-corrected chi connectivity index (χ1v) is 12.8. The lowest BCUT2D eigenvalue weighted by atomic mass is 9.86. The van der Waals surface area contributed by atoms with Gasteiger partial charge >= 0.3 is 0 Å². The third-order valence-electron chi connectivity index (χ3n) is 7.19. The summed E-state index contributed by atoms with van der Waals surface area (Å²) in [6.07, 6.45) is 9.66. The van der Waals surface area contributed by atoms with E-state index < -0.39 is 5.82 Å². The summed E-state index contributed by atoms with van der Waals surface area (Å²) in [5, 5.41) is 23.0. The quantitative estimate of drug-likeness (QED) is 0.327. The van der Waals surface area contributed by atoms with E-state index in [9.17, 15) is 9.65 Å². The van der Waals surface area contributed by atoms with Crippen molar-refractivity contribution in [2.75, 3.05) is 11.9 Å². The molecular formula is C29H27FN8. The maximum atomic E-state index is 14.6. The van der Waals surface area contributed by atoms with E-state index in [-0.39, 0.29) is 11.6 Å². The van der Waals surface area contributed by atoms with Crippen LogP contribution in [0, 0.1) is 23.1 Å². The normalized spacial score (nSPS) is 17.4. The van der Waals surface area contributed by atoms with Crippen molar-refractivity contribution in [3.63, 3.8) is 0 Å². The molecular weight excluding hydrogens is 479 g/mol. The number of anilines is 1. The van der Waals surface area contributed by atoms with Crippen LogP contribution in [0.25, 0.3) is 33.5 Å². The molecule has 0 aliphatic heterocycles. The smallest absolute Gasteiger partial charge is 0.149 e. The zero-order valence-corrected chi connectivity index (χ0v) is 20.8. The van der Waals surface area contributed by atoms with E-state index in [2.05, 4.69) is 15.4 Å². The first kappa shape index (κ1) is 23.8. The molecule has 8 nitrogen and oxygen atoms in total. The summed E-state index contributed by atoms with van der Waals surface area (Å²) in [6.45, 7) is 0.781. The molecule has 0 amide bonds. The Balaban J connectivity index is 1.38. The standard InChI is InChI=1S/C29H27FN8/c30-26-14-20(4-5-21(26)16-31)28-15-29(34-17-19-2-1-3-23(32)12-19)36-38(28)25-6-7-27-22(13-25)18-35-37(27)24-8-10-33-11-9-24/h4-11,13-15,18-19,23H,1-3,12,17,32H2,(H,34,36)/t19?,23-/m1/s1. The number of nitriles is 1. The van der Waals surface area contributed by atoms with Crippen LogP contribution in [0.5, 0.6) is 0 Å². The van der Waals surface area contributed by atoms with Gasteiger partial charge in [0, 0.05) is 42.0 Å². The Morgan fingerprint density at radius 2 is 1.89 bits per heavy atom. The molecule has 0 radical (unpaired) electrons. The van der Waals surface area contributed by atoms with Gasteiger partial charge in [-0.2, -0.15) is 10.4 Å². The molecule has 1 aliphatic carbocycles. The minimum absolute atomic E-state index is 0.0109. The summed E-state index contributed by atoms with van der Waals surface area (Å²) in [4.78, 5) is 4.09. The van der Waals surface area contributed by atoms with E-state index in [1.54, 1.807) is 23.1 Å². The number of aromatic nitrogens is 5. The molecule has 2 aromatic carbocycles. The summed E-state index contributed by atoms with van der Waals surface area (Å²) >= 11 is 0. The molecule has 1 aliphatic rings. The molecule has 38 heavy (non-hydrogen) atoms. The maximum Gasteiger partial charge on any atom is 0.149 e. The summed E-state index contributed by atoms with van der Waals surface area (Å²) in [5.41, 5.74) is 10.2. The average Bonchev–Trinajstić information content (AvgIpc) is 3.57. The molecule has 190 valence electrons. The maximum absolute atomic E-state index is 14.6. The second-order valence-electron chi connectivity index (χ2n) is 9.81. The third-order valence-corrected chi connectivity index (χ3v) is 7.19. The van der Waals surface area contributed by atoms with Gasteiger partial charge in [-0.1, -0.05) is 12.5 Å². The van der Waals surface area contributed by atoms with Crippen LogP contribution in [0.1, 0.15) is 31.2 Å². The minimum Gasteiger partial charge on any atom is -0.368 e. The molecule has 0 bridgehead atoms. The molecule has 3 heterocycles. The lowest BCUT2D eigenvalue weighted by Gasteiger charge is -2.26. The number of halogens is 1. The monoisotopic (exact) mass is 506 g/mol. The highest BCUT2D eigenvalue weighted by Crippen LogP contribution is 2.30. The summed E-state index contributed by atoms with van der Waals surface area (Å²) in [7, 11) is 0. The van der Waals surface area contributed by atoms with Gasteiger partial charge in [0.2, 0.25) is 0 Å². The lowest BCUT2D eigenvalue weighted by molar-refractivity contribution is 0.335. The van der Waals surface area contributed by atoms with E-state index in [0.717, 1.165) is 60.2 Å². The summed E-state index contributed by atoms with van der Waals surface area (Å²) in [5.74, 6) is 0.643. The molecule has 3 N–H and O–H groups in total. The topological polar surface area (TPSA) is 110 Å². The van der Waals surface area contributed by atoms with Gasteiger partial charge in [0.1, 0.15) is 17.7 Å². The van der Waals surface area contributed by atoms with Crippen LogP contribution < -0.4 is 11.1 Å². The van der Waals surface area contributed by atoms with E-state index in [1.807, 2.05) is 53.3 Å². The van der Waals surface area contributed by atoms with Gasteiger partial charge in [-0.15, -0.1) is 5.10 Å². The van der Waals surface area contributed by atoms with Gasteiger partial charge in [0.15, 0.2) is 0 Å². The number of rotatable bonds is 6. The summed E-state index contributed by atoms with van der Waals surface area (Å²) in [6, 6.07) is 18.5. The van der Waals surface area contributed by atoms with Crippen LogP contribution in [0.15, 0.2) is 73.2 Å². The van der Waals surface area contributed by atoms with Crippen molar-refractivity contribution in [1.82, 2.24) is 24.5 Å². The SMILES string of the molecule is N#Cc1ccc(-c2cc(NCC3CCC[C@@H](N)C3)nn2-c2ccc3c(cnn3-c3ccncc3)c2)cc1F. The van der Waals surface area contributed by atoms with E-state index in [0.29, 0.717) is 17.3 Å². The number of nitrogens with two attached hydrogens (primary N) is 1. The Labute approximate surface area is 219 Å². The van der Waals surface area contributed by atoms with E-state index >= 15 is 0 Å². The zero-order chi connectivity index (χ0) is 26.1. The number of hydrogen-bond donors (Lipinski definition) is 2. The molecule has 6 rings (SSSR count). The van der Waals surface area contributed by atoms with Gasteiger partial charge in [-0.05, 0) is 67.6 Å². The Hall–Kier alpha value is -4.55. The number of hydrogen-bond acceptors (Lipinski definition) is 6. The van der Waals surface area contributed by atoms with Crippen molar-refractivity contribution in [3.8, 4) is 28.7 Å². The fourth-order valence-corrected chi connectivity index (χ4v) is 5.24. The van der Waals surface area contributed by atoms with Crippen molar-refractivity contribution >= 4 is 16.7 Å². The highest BCUT2D eigenvalue weighted by Gasteiger charge is 2.20. The number of nitrogens with zero attached hydrogens (tertiary/aromatic N) is 6. The van der Waals surface area contributed by atoms with Crippen LogP contribution in [-0.2, 0) is 0 Å². The van der Waals surface area contributed by atoms with Crippen LogP contribution in [0.3, 0.4) is 0 Å². The van der Waals surface area contributed by atoms with Crippen molar-refractivity contribution in [1.29, 1.82) is 5.26 Å². The average molecular weight is 507 g/mol. The molecule has 0 spiro atoms. The van der Waals surface area contributed by atoms with E-state index in [1.165, 1.54) is 12.1 Å². The molecule has 3 aromatic heterocycles. The van der Waals surface area contributed by atoms with Gasteiger partial charge in [0.25, 0.3) is 0 Å². The van der Waals surface area contributed by atoms with Crippen LogP contribution in [0.4, 0.5) is 10.2 Å². The number of fused-ring (bicyclic) bond motifs is 1. The van der Waals surface area contributed by atoms with Crippen LogP contribution in [0.2, 0.25) is 0 Å². The number of nitrogens with one attached hydrogen (secondary N) is 1. The Kier molecular flexibility index (Phi) is 6.32. The number of benzene rings is 2. The predicted molar refractivity (Wildman–Crippen MR) is 145 cm³/mol. The Morgan fingerprint density at radius 1 is 1.03 bits per heavy atom. The molecule has 0 saturated heterocycles. The van der Waals surface area contributed by atoms with Crippen LogP contribution in [-0.4, -0.2) is 37.1 Å². The first-order valence-electron chi connectivity index (χ1n) is 12.8. The largest absolute Gasteiger partial charge is 0.368 e. The second kappa shape index (κ2) is 10.1. The highest BCUT2D eigenvalue weighted by molar-refractivity contribution is 5.83. The van der Waals surface area contributed by atoms with Crippen molar-refractivity contribution in [2.24, 2.45) is 11.7 Å². The Bertz CT molecular complexity index is 1630. The summed E-state index contributed by atoms with van der Waals surface area (Å²) < 4.78 is 18.3. The van der Waals surface area contributed by atoms with Gasteiger partial charge in [-0.3, -0.25) is 4.98 Å². The van der Waals surface area contributed by atoms with Gasteiger partial charge in [0.05, 0.1) is 34.3 Å². The number of pyridine rings is 1. The molecule has 9 heteroatoms. The molecule has 1 fully saturated rings. The predicted octanol–water partition coefficient (Wildman–Crippen LogP) is 5.21. The first-order chi connectivity index (χ1) is 18.6. The molecule has 2 atom stereocenters. The van der Waals surface area contributed by atoms with E-state index in [4.69, 9.17) is 10.8 Å². The Morgan fingerprint density at radius 3 is 2.68 bits per heavy atom. The third kappa shape index (κ3) is 4.62. The molecule has 5 aromatic rings. The van der Waals surface area contributed by atoms with Crippen molar-refractivity contribution in [2.45, 2.75) is 31.7 Å². The molecule has 1 unspecified atom stereocenters. The van der Waals surface area contributed by atoms with Crippen molar-refractivity contribution < 1.29 is 4.39 Å². The van der Waals surface area contributed by atoms with Crippen molar-refractivity contribution in [3.05, 3.63) is 84.6 Å². The molecule has 1 saturated carbocycles. The van der Waals surface area contributed by atoms with Crippen LogP contribution >= 0.6 is 0 Å². The lowest BCUT2D eigenvalue weighted by Crippen LogP contribution is -2.31. The fourth-order valence-electron chi connectivity index (χ4n) is 5.24.